The van der Waals surface area contributed by atoms with Gasteiger partial charge in [-0.15, -0.1) is 0 Å². The zero-order valence-corrected chi connectivity index (χ0v) is 11.3. The number of aromatic nitrogens is 1. The molecule has 6 nitrogen and oxygen atoms in total. The summed E-state index contributed by atoms with van der Waals surface area (Å²) in [5, 5.41) is 3.15. The molecular formula is C11H18ClN5O. The van der Waals surface area contributed by atoms with Gasteiger partial charge in [0.15, 0.2) is 0 Å². The lowest BCUT2D eigenvalue weighted by atomic mass is 10.3. The Hall–Kier alpha value is -1.37. The van der Waals surface area contributed by atoms with Gasteiger partial charge in [0, 0.05) is 13.6 Å². The van der Waals surface area contributed by atoms with E-state index in [0.29, 0.717) is 29.6 Å². The SMILES string of the molecule is CCN(CC(=O)NC)Cc1nc(NN)ccc1Cl. The molecule has 1 rings (SSSR count). The number of amides is 1. The van der Waals surface area contributed by atoms with Crippen molar-refractivity contribution in [1.82, 2.24) is 15.2 Å². The van der Waals surface area contributed by atoms with Gasteiger partial charge < -0.3 is 10.7 Å². The van der Waals surface area contributed by atoms with Crippen molar-refractivity contribution in [3.63, 3.8) is 0 Å². The van der Waals surface area contributed by atoms with E-state index in [1.165, 1.54) is 0 Å². The number of nitrogens with two attached hydrogens (primary N) is 1. The van der Waals surface area contributed by atoms with Crippen molar-refractivity contribution in [2.24, 2.45) is 5.84 Å². The van der Waals surface area contributed by atoms with Gasteiger partial charge >= 0.3 is 0 Å². The van der Waals surface area contributed by atoms with Crippen LogP contribution in [0, 0.1) is 0 Å². The number of likely N-dealkylation sites (N-methyl/N-ethyl adjacent to an activating group) is 2. The van der Waals surface area contributed by atoms with Crippen LogP contribution in [0.4, 0.5) is 5.82 Å². The van der Waals surface area contributed by atoms with E-state index in [4.69, 9.17) is 17.4 Å². The molecule has 0 aliphatic carbocycles. The molecule has 0 aliphatic rings. The number of nitrogen functional groups attached to an aromatic ring is 1. The van der Waals surface area contributed by atoms with Crippen molar-refractivity contribution in [1.29, 1.82) is 0 Å². The minimum Gasteiger partial charge on any atom is -0.358 e. The Kier molecular flexibility index (Phi) is 5.84. The van der Waals surface area contributed by atoms with E-state index >= 15 is 0 Å². The van der Waals surface area contributed by atoms with E-state index in [2.05, 4.69) is 15.7 Å². The predicted octanol–water partition coefficient (Wildman–Crippen LogP) is 0.588. The first-order valence-electron chi connectivity index (χ1n) is 5.65. The van der Waals surface area contributed by atoms with Crippen LogP contribution in [-0.4, -0.2) is 35.9 Å². The third kappa shape index (κ3) is 4.14. The first kappa shape index (κ1) is 14.7. The fourth-order valence-corrected chi connectivity index (χ4v) is 1.61. The van der Waals surface area contributed by atoms with Gasteiger partial charge in [-0.2, -0.15) is 0 Å². The molecule has 0 bridgehead atoms. The monoisotopic (exact) mass is 271 g/mol. The normalized spacial score (nSPS) is 10.5. The largest absolute Gasteiger partial charge is 0.358 e. The molecule has 0 unspecified atom stereocenters. The summed E-state index contributed by atoms with van der Waals surface area (Å²) in [4.78, 5) is 17.5. The lowest BCUT2D eigenvalue weighted by Gasteiger charge is -2.19. The number of pyridine rings is 1. The summed E-state index contributed by atoms with van der Waals surface area (Å²) in [6, 6.07) is 3.42. The molecule has 18 heavy (non-hydrogen) atoms. The Balaban J connectivity index is 2.77. The molecule has 0 spiro atoms. The van der Waals surface area contributed by atoms with E-state index < -0.39 is 0 Å². The number of halogens is 1. The molecule has 0 atom stereocenters. The van der Waals surface area contributed by atoms with Gasteiger partial charge in [-0.1, -0.05) is 18.5 Å². The van der Waals surface area contributed by atoms with Crippen LogP contribution in [0.5, 0.6) is 0 Å². The smallest absolute Gasteiger partial charge is 0.233 e. The zero-order valence-electron chi connectivity index (χ0n) is 10.5. The Morgan fingerprint density at radius 3 is 2.83 bits per heavy atom. The highest BCUT2D eigenvalue weighted by Gasteiger charge is 2.12. The second-order valence-electron chi connectivity index (χ2n) is 3.75. The fraction of sp³-hybridized carbons (Fsp3) is 0.455. The van der Waals surface area contributed by atoms with Gasteiger partial charge in [-0.25, -0.2) is 10.8 Å². The number of nitrogens with zero attached hydrogens (tertiary/aromatic N) is 2. The fourth-order valence-electron chi connectivity index (χ4n) is 1.45. The average molecular weight is 272 g/mol. The van der Waals surface area contributed by atoms with Crippen LogP contribution in [0.15, 0.2) is 12.1 Å². The molecule has 0 radical (unpaired) electrons. The minimum absolute atomic E-state index is 0.0407. The van der Waals surface area contributed by atoms with Crippen LogP contribution in [0.1, 0.15) is 12.6 Å². The van der Waals surface area contributed by atoms with Crippen molar-refractivity contribution in [3.8, 4) is 0 Å². The molecule has 1 aromatic rings. The van der Waals surface area contributed by atoms with Gasteiger partial charge in [0.05, 0.1) is 17.3 Å². The zero-order chi connectivity index (χ0) is 13.5. The number of hydrogen-bond acceptors (Lipinski definition) is 5. The van der Waals surface area contributed by atoms with Crippen molar-refractivity contribution >= 4 is 23.3 Å². The van der Waals surface area contributed by atoms with E-state index in [1.54, 1.807) is 19.2 Å². The molecule has 0 saturated heterocycles. The second kappa shape index (κ2) is 7.15. The molecule has 0 fully saturated rings. The summed E-state index contributed by atoms with van der Waals surface area (Å²) in [5.41, 5.74) is 3.16. The Morgan fingerprint density at radius 1 is 1.56 bits per heavy atom. The Bertz CT molecular complexity index is 412. The molecule has 1 aromatic heterocycles. The third-order valence-electron chi connectivity index (χ3n) is 2.53. The van der Waals surface area contributed by atoms with Gasteiger partial charge in [0.25, 0.3) is 0 Å². The molecule has 4 N–H and O–H groups in total. The molecule has 7 heteroatoms. The van der Waals surface area contributed by atoms with Gasteiger partial charge in [-0.3, -0.25) is 9.69 Å². The highest BCUT2D eigenvalue weighted by Crippen LogP contribution is 2.17. The molecule has 0 aliphatic heterocycles. The molecule has 100 valence electrons. The molecule has 0 saturated carbocycles. The molecule has 1 heterocycles. The standard InChI is InChI=1S/C11H18ClN5O/c1-3-17(7-11(18)14-2)6-9-8(12)4-5-10(15-9)16-13/h4-5H,3,6-7,13H2,1-2H3,(H,14,18)(H,15,16). The first-order chi connectivity index (χ1) is 8.60. The van der Waals surface area contributed by atoms with Crippen LogP contribution < -0.4 is 16.6 Å². The Labute approximate surface area is 111 Å². The number of rotatable bonds is 6. The molecule has 1 amide bonds. The lowest BCUT2D eigenvalue weighted by molar-refractivity contribution is -0.121. The summed E-state index contributed by atoms with van der Waals surface area (Å²) in [5.74, 6) is 5.81. The number of nitrogens with one attached hydrogen (secondary N) is 2. The van der Waals surface area contributed by atoms with Crippen LogP contribution in [0.2, 0.25) is 5.02 Å². The van der Waals surface area contributed by atoms with E-state index in [-0.39, 0.29) is 5.91 Å². The number of carbonyl (C=O) groups is 1. The van der Waals surface area contributed by atoms with Gasteiger partial charge in [0.1, 0.15) is 5.82 Å². The molecular weight excluding hydrogens is 254 g/mol. The van der Waals surface area contributed by atoms with Crippen molar-refractivity contribution in [3.05, 3.63) is 22.8 Å². The van der Waals surface area contributed by atoms with Gasteiger partial charge in [-0.05, 0) is 18.7 Å². The quantitative estimate of drug-likeness (QED) is 0.521. The van der Waals surface area contributed by atoms with Crippen molar-refractivity contribution in [2.75, 3.05) is 25.6 Å². The highest BCUT2D eigenvalue weighted by molar-refractivity contribution is 6.31. The summed E-state index contributed by atoms with van der Waals surface area (Å²) in [7, 11) is 1.61. The maximum Gasteiger partial charge on any atom is 0.233 e. The third-order valence-corrected chi connectivity index (χ3v) is 2.88. The van der Waals surface area contributed by atoms with E-state index in [1.807, 2.05) is 11.8 Å². The lowest BCUT2D eigenvalue weighted by Crippen LogP contribution is -2.35. The van der Waals surface area contributed by atoms with Crippen LogP contribution >= 0.6 is 11.6 Å². The first-order valence-corrected chi connectivity index (χ1v) is 6.03. The van der Waals surface area contributed by atoms with Crippen LogP contribution in [0.3, 0.4) is 0 Å². The number of anilines is 1. The average Bonchev–Trinajstić information content (AvgIpc) is 2.39. The molecule has 0 aromatic carbocycles. The number of hydrazine groups is 1. The van der Waals surface area contributed by atoms with E-state index in [0.717, 1.165) is 6.54 Å². The van der Waals surface area contributed by atoms with Crippen molar-refractivity contribution < 1.29 is 4.79 Å². The Morgan fingerprint density at radius 2 is 2.28 bits per heavy atom. The van der Waals surface area contributed by atoms with Crippen LogP contribution in [0.25, 0.3) is 0 Å². The summed E-state index contributed by atoms with van der Waals surface area (Å²) in [6.45, 7) is 3.51. The summed E-state index contributed by atoms with van der Waals surface area (Å²) in [6.07, 6.45) is 0. The summed E-state index contributed by atoms with van der Waals surface area (Å²) >= 11 is 6.07. The van der Waals surface area contributed by atoms with Crippen molar-refractivity contribution in [2.45, 2.75) is 13.5 Å². The second-order valence-corrected chi connectivity index (χ2v) is 4.15. The number of carbonyl (C=O) groups excluding carboxylic acids is 1. The van der Waals surface area contributed by atoms with E-state index in [9.17, 15) is 4.79 Å². The maximum absolute atomic E-state index is 11.3. The summed E-state index contributed by atoms with van der Waals surface area (Å²) < 4.78 is 0. The van der Waals surface area contributed by atoms with Crippen LogP contribution in [-0.2, 0) is 11.3 Å². The number of hydrogen-bond donors (Lipinski definition) is 3. The maximum atomic E-state index is 11.3. The topological polar surface area (TPSA) is 83.3 Å². The predicted molar refractivity (Wildman–Crippen MR) is 72.1 cm³/mol. The van der Waals surface area contributed by atoms with Gasteiger partial charge in [0.2, 0.25) is 5.91 Å². The highest BCUT2D eigenvalue weighted by atomic mass is 35.5. The minimum atomic E-state index is -0.0407.